The number of Topliss-reactive ketones (excluding diaryl/α,β-unsaturated/α-hetero) is 1. The Morgan fingerprint density at radius 2 is 1.68 bits per heavy atom. The molecule has 11 heteroatoms. The van der Waals surface area contributed by atoms with Crippen molar-refractivity contribution in [1.82, 2.24) is 4.90 Å². The first-order valence-corrected chi connectivity index (χ1v) is 19.1. The summed E-state index contributed by atoms with van der Waals surface area (Å²) in [5, 5.41) is 21.0. The minimum atomic E-state index is -1.13. The first kappa shape index (κ1) is 38.0. The lowest BCUT2D eigenvalue weighted by molar-refractivity contribution is -0.308. The van der Waals surface area contributed by atoms with E-state index >= 15 is 0 Å². The van der Waals surface area contributed by atoms with Crippen LogP contribution in [0.3, 0.4) is 0 Å². The smallest absolute Gasteiger partial charge is 0.314 e. The number of carbonyl (C=O) groups is 2. The minimum absolute atomic E-state index is 0.0188. The van der Waals surface area contributed by atoms with Crippen LogP contribution < -0.4 is 0 Å². The van der Waals surface area contributed by atoms with Gasteiger partial charge >= 0.3 is 5.97 Å². The molecule has 0 amide bonds. The zero-order chi connectivity index (χ0) is 36.0. The number of nitrogens with zero attached hydrogens (tertiary/aromatic N) is 1. The van der Waals surface area contributed by atoms with Gasteiger partial charge in [0.25, 0.3) is 0 Å². The molecule has 2 N–H and O–H groups in total. The van der Waals surface area contributed by atoms with Crippen LogP contribution in [-0.4, -0.2) is 116 Å². The topological polar surface area (TPSA) is 133 Å². The Balaban J connectivity index is 1.23. The Bertz CT molecular complexity index is 1290. The van der Waals surface area contributed by atoms with Crippen molar-refractivity contribution in [1.29, 1.82) is 0 Å². The molecule has 6 aliphatic rings. The second-order valence-electron chi connectivity index (χ2n) is 16.2. The van der Waals surface area contributed by atoms with Crippen LogP contribution in [-0.2, 0) is 38.0 Å². The standard InChI is InChI=1S/C39H61NO10/c1-9-23-11-10-12-31(50-32-14-13-30(40(6)7)21(4)46-32)20(3)34(41)29-18-27-26-17-24(49-39-37(45-8)36(43)35(42)22(5)47-39)16-25(26)19(2)15-28(27)33(29)38(44)48-23/h15,18,20-28,30-33,35-37,39,42-43H,9-14,16-17H2,1-8H3/t20-,21-,22+,23+,24+,25+,26-,27?,28-,30+,31+,32+,33?,35+,36-,37-,39+/m1/s1. The second kappa shape index (κ2) is 15.7. The molecule has 0 aromatic carbocycles. The number of likely N-dealkylation sites (N-methyl/N-ethyl adjacent to an activating group) is 1. The molecule has 3 heterocycles. The summed E-state index contributed by atoms with van der Waals surface area (Å²) in [6, 6.07) is 0.322. The average Bonchev–Trinajstić information content (AvgIpc) is 3.67. The monoisotopic (exact) mass is 703 g/mol. The molecule has 0 spiro atoms. The van der Waals surface area contributed by atoms with Gasteiger partial charge in [-0.1, -0.05) is 31.6 Å². The molecule has 3 saturated heterocycles. The van der Waals surface area contributed by atoms with Crippen LogP contribution in [0.5, 0.6) is 0 Å². The van der Waals surface area contributed by atoms with Crippen LogP contribution >= 0.6 is 0 Å². The second-order valence-corrected chi connectivity index (χ2v) is 16.2. The van der Waals surface area contributed by atoms with Crippen molar-refractivity contribution in [3.8, 4) is 0 Å². The minimum Gasteiger partial charge on any atom is -0.462 e. The number of rotatable bonds is 7. The molecule has 2 unspecified atom stereocenters. The number of carbonyl (C=O) groups excluding carboxylic acids is 2. The highest BCUT2D eigenvalue weighted by molar-refractivity contribution is 6.03. The van der Waals surface area contributed by atoms with Gasteiger partial charge in [0.1, 0.15) is 24.4 Å². The molecular formula is C39H61NO10. The predicted octanol–water partition coefficient (Wildman–Crippen LogP) is 4.18. The third-order valence-electron chi connectivity index (χ3n) is 12.9. The SMILES string of the molecule is CC[C@H]1CCC[C@H](O[C@H]2CC[C@H](N(C)C)[C@@H](C)O2)[C@@H](C)C(=O)C2=CC3[C@@H](C=C(C)[C@@H]4C[C@H](O[C@@H]5O[C@@H](C)[C@H](O)[C@@H](O)[C@H]5OC)C[C@@H]34)C2C(=O)O1. The van der Waals surface area contributed by atoms with Crippen LogP contribution in [0.1, 0.15) is 86.0 Å². The molecule has 4 fully saturated rings. The van der Waals surface area contributed by atoms with Gasteiger partial charge in [-0.05, 0) is 104 Å². The highest BCUT2D eigenvalue weighted by Gasteiger charge is 2.55. The van der Waals surface area contributed by atoms with Crippen LogP contribution in [0.25, 0.3) is 0 Å². The Labute approximate surface area is 298 Å². The van der Waals surface area contributed by atoms with Gasteiger partial charge in [0.15, 0.2) is 18.4 Å². The average molecular weight is 704 g/mol. The van der Waals surface area contributed by atoms with E-state index in [-0.39, 0.29) is 66.1 Å². The van der Waals surface area contributed by atoms with Crippen LogP contribution in [0, 0.1) is 35.5 Å². The summed E-state index contributed by atoms with van der Waals surface area (Å²) < 4.78 is 37.2. The van der Waals surface area contributed by atoms with E-state index in [4.69, 9.17) is 28.4 Å². The fourth-order valence-corrected chi connectivity index (χ4v) is 9.96. The number of esters is 1. The maximum absolute atomic E-state index is 14.6. The highest BCUT2D eigenvalue weighted by Crippen LogP contribution is 2.56. The van der Waals surface area contributed by atoms with Gasteiger partial charge in [0.05, 0.1) is 30.3 Å². The predicted molar refractivity (Wildman–Crippen MR) is 185 cm³/mol. The number of aliphatic hydroxyl groups excluding tert-OH is 2. The molecule has 1 saturated carbocycles. The number of fused-ring (bicyclic) bond motifs is 5. The van der Waals surface area contributed by atoms with Gasteiger partial charge in [0.2, 0.25) is 0 Å². The van der Waals surface area contributed by atoms with E-state index in [0.29, 0.717) is 30.9 Å². The molecule has 6 rings (SSSR count). The van der Waals surface area contributed by atoms with Gasteiger partial charge in [-0.15, -0.1) is 0 Å². The Morgan fingerprint density at radius 1 is 0.920 bits per heavy atom. The van der Waals surface area contributed by atoms with E-state index in [9.17, 15) is 19.8 Å². The molecule has 0 bridgehead atoms. The Hall–Kier alpha value is -1.70. The van der Waals surface area contributed by atoms with E-state index in [1.807, 2.05) is 13.8 Å². The van der Waals surface area contributed by atoms with Crippen LogP contribution in [0.15, 0.2) is 23.3 Å². The van der Waals surface area contributed by atoms with Crippen molar-refractivity contribution in [2.45, 2.75) is 153 Å². The van der Waals surface area contributed by atoms with E-state index in [0.717, 1.165) is 32.1 Å². The summed E-state index contributed by atoms with van der Waals surface area (Å²) in [7, 11) is 5.63. The number of cyclic esters (lactones) is 1. The molecular weight excluding hydrogens is 642 g/mol. The lowest BCUT2D eigenvalue weighted by atomic mass is 9.68. The third kappa shape index (κ3) is 7.40. The van der Waals surface area contributed by atoms with E-state index < -0.39 is 42.5 Å². The van der Waals surface area contributed by atoms with E-state index in [1.54, 1.807) is 6.92 Å². The molecule has 3 aliphatic heterocycles. The van der Waals surface area contributed by atoms with Gasteiger partial charge in [0, 0.05) is 30.6 Å². The molecule has 3 aliphatic carbocycles. The zero-order valence-electron chi connectivity index (χ0n) is 31.2. The van der Waals surface area contributed by atoms with Gasteiger partial charge < -0.3 is 43.5 Å². The number of aliphatic hydroxyl groups is 2. The van der Waals surface area contributed by atoms with Crippen LogP contribution in [0.4, 0.5) is 0 Å². The number of ketones is 1. The molecule has 17 atom stereocenters. The molecule has 0 radical (unpaired) electrons. The van der Waals surface area contributed by atoms with Gasteiger partial charge in [-0.25, -0.2) is 0 Å². The molecule has 11 nitrogen and oxygen atoms in total. The van der Waals surface area contributed by atoms with Crippen molar-refractivity contribution in [2.75, 3.05) is 21.2 Å². The summed E-state index contributed by atoms with van der Waals surface area (Å²) in [5.41, 5.74) is 1.76. The fourth-order valence-electron chi connectivity index (χ4n) is 9.96. The van der Waals surface area contributed by atoms with Crippen molar-refractivity contribution in [2.24, 2.45) is 35.5 Å². The lowest BCUT2D eigenvalue weighted by Crippen LogP contribution is -2.58. The number of hydrogen-bond acceptors (Lipinski definition) is 11. The number of hydrogen-bond donors (Lipinski definition) is 2. The zero-order valence-corrected chi connectivity index (χ0v) is 31.2. The van der Waals surface area contributed by atoms with Crippen molar-refractivity contribution < 1.29 is 48.2 Å². The first-order chi connectivity index (χ1) is 23.8. The maximum Gasteiger partial charge on any atom is 0.314 e. The first-order valence-electron chi connectivity index (χ1n) is 19.1. The summed E-state index contributed by atoms with van der Waals surface area (Å²) in [6.45, 7) is 9.92. The van der Waals surface area contributed by atoms with E-state index in [1.165, 1.54) is 12.7 Å². The molecule has 0 aromatic heterocycles. The summed E-state index contributed by atoms with van der Waals surface area (Å²) >= 11 is 0. The summed E-state index contributed by atoms with van der Waals surface area (Å²) in [4.78, 5) is 30.9. The quantitative estimate of drug-likeness (QED) is 0.292. The molecule has 50 heavy (non-hydrogen) atoms. The molecule has 282 valence electrons. The lowest BCUT2D eigenvalue weighted by Gasteiger charge is -2.41. The van der Waals surface area contributed by atoms with Crippen LogP contribution in [0.2, 0.25) is 0 Å². The van der Waals surface area contributed by atoms with Gasteiger partial charge in [-0.2, -0.15) is 0 Å². The van der Waals surface area contributed by atoms with Crippen molar-refractivity contribution in [3.63, 3.8) is 0 Å². The summed E-state index contributed by atoms with van der Waals surface area (Å²) in [6.07, 6.45) is 4.90. The number of methoxy groups -OCH3 is 1. The molecule has 0 aromatic rings. The third-order valence-corrected chi connectivity index (χ3v) is 12.9. The highest BCUT2D eigenvalue weighted by atomic mass is 16.7. The van der Waals surface area contributed by atoms with Crippen molar-refractivity contribution >= 4 is 11.8 Å². The van der Waals surface area contributed by atoms with E-state index in [2.05, 4.69) is 45.0 Å². The number of allylic oxidation sites excluding steroid dienone is 3. The Morgan fingerprint density at radius 3 is 2.36 bits per heavy atom. The Kier molecular flexibility index (Phi) is 12.0. The van der Waals surface area contributed by atoms with Gasteiger partial charge in [-0.3, -0.25) is 9.59 Å². The fraction of sp³-hybridized carbons (Fsp3) is 0.846. The summed E-state index contributed by atoms with van der Waals surface area (Å²) in [5.74, 6) is -1.27. The number of ether oxygens (including phenoxy) is 6. The largest absolute Gasteiger partial charge is 0.462 e. The van der Waals surface area contributed by atoms with Crippen molar-refractivity contribution in [3.05, 3.63) is 23.3 Å². The normalized spacial score (nSPS) is 47.1. The maximum atomic E-state index is 14.6.